The number of carbonyl (C=O) groups is 3. The van der Waals surface area contributed by atoms with Gasteiger partial charge in [-0.05, 0) is 34.5 Å². The second-order valence-corrected chi connectivity index (χ2v) is 8.38. The molecule has 0 fully saturated rings. The molecule has 1 heterocycles. The number of fused-ring (bicyclic) bond motifs is 1. The molecule has 176 valence electrons. The molecule has 0 spiro atoms. The summed E-state index contributed by atoms with van der Waals surface area (Å²) in [6.07, 6.45) is 2.75. The molecular formula is C26H21FN4O3S. The minimum absolute atomic E-state index is 0.0940. The van der Waals surface area contributed by atoms with Crippen LogP contribution in [-0.4, -0.2) is 22.7 Å². The topological polar surface area (TPSA) is 91.4 Å². The molecule has 7 nitrogen and oxygen atoms in total. The number of halogens is 1. The first-order valence-corrected chi connectivity index (χ1v) is 11.5. The molecule has 0 saturated carbocycles. The summed E-state index contributed by atoms with van der Waals surface area (Å²) in [6.45, 7) is 1.32. The summed E-state index contributed by atoms with van der Waals surface area (Å²) in [6, 6.07) is 19.4. The minimum Gasteiger partial charge on any atom is -0.274 e. The van der Waals surface area contributed by atoms with E-state index in [1.807, 2.05) is 42.5 Å². The van der Waals surface area contributed by atoms with Gasteiger partial charge in [-0.1, -0.05) is 54.6 Å². The fourth-order valence-electron chi connectivity index (χ4n) is 3.49. The number of hydrogen-bond donors (Lipinski definition) is 2. The quantitative estimate of drug-likeness (QED) is 0.308. The molecule has 3 aromatic carbocycles. The van der Waals surface area contributed by atoms with Crippen LogP contribution in [0.5, 0.6) is 0 Å². The molecule has 35 heavy (non-hydrogen) atoms. The van der Waals surface area contributed by atoms with E-state index in [1.165, 1.54) is 42.2 Å². The van der Waals surface area contributed by atoms with Gasteiger partial charge in [0.15, 0.2) is 5.13 Å². The summed E-state index contributed by atoms with van der Waals surface area (Å²) in [5.41, 5.74) is 6.09. The third-order valence-electron chi connectivity index (χ3n) is 5.07. The minimum atomic E-state index is -0.552. The maximum absolute atomic E-state index is 14.2. The second-order valence-electron chi connectivity index (χ2n) is 7.55. The van der Waals surface area contributed by atoms with Crippen LogP contribution in [0, 0.1) is 5.82 Å². The average Bonchev–Trinajstić information content (AvgIpc) is 3.31. The van der Waals surface area contributed by atoms with Crippen LogP contribution in [0.15, 0.2) is 78.2 Å². The Morgan fingerprint density at radius 1 is 1.00 bits per heavy atom. The number of nitrogens with one attached hydrogen (secondary N) is 2. The maximum Gasteiger partial charge on any atom is 0.262 e. The number of anilines is 2. The van der Waals surface area contributed by atoms with Crippen molar-refractivity contribution in [1.82, 2.24) is 15.8 Å². The monoisotopic (exact) mass is 488 g/mol. The van der Waals surface area contributed by atoms with Crippen molar-refractivity contribution in [3.8, 4) is 0 Å². The average molecular weight is 489 g/mol. The van der Waals surface area contributed by atoms with Gasteiger partial charge in [0, 0.05) is 18.4 Å². The molecule has 0 aliphatic carbocycles. The third kappa shape index (κ3) is 5.77. The molecule has 3 amide bonds. The SMILES string of the molecule is CC(=O)N(c1nc(/C=C/C(=O)NNC(=O)Cc2cccc3ccccc23)cs1)c1ccccc1F. The largest absolute Gasteiger partial charge is 0.274 e. The number of hydrazine groups is 1. The molecule has 0 unspecified atom stereocenters. The number of benzene rings is 3. The van der Waals surface area contributed by atoms with Gasteiger partial charge in [-0.2, -0.15) is 0 Å². The predicted octanol–water partition coefficient (Wildman–Crippen LogP) is 4.52. The first kappa shape index (κ1) is 23.8. The molecule has 4 aromatic rings. The van der Waals surface area contributed by atoms with Crippen LogP contribution in [0.1, 0.15) is 18.2 Å². The number of rotatable bonds is 6. The smallest absolute Gasteiger partial charge is 0.262 e. The van der Waals surface area contributed by atoms with Gasteiger partial charge >= 0.3 is 0 Å². The van der Waals surface area contributed by atoms with Crippen molar-refractivity contribution >= 4 is 56.7 Å². The van der Waals surface area contributed by atoms with E-state index in [-0.39, 0.29) is 23.1 Å². The summed E-state index contributed by atoms with van der Waals surface area (Å²) >= 11 is 1.14. The molecule has 2 N–H and O–H groups in total. The Labute approximate surface area is 204 Å². The van der Waals surface area contributed by atoms with Crippen LogP contribution < -0.4 is 15.8 Å². The zero-order valence-corrected chi connectivity index (χ0v) is 19.5. The van der Waals surface area contributed by atoms with Gasteiger partial charge < -0.3 is 0 Å². The number of nitrogens with zero attached hydrogens (tertiary/aromatic N) is 2. The van der Waals surface area contributed by atoms with Gasteiger partial charge in [0.05, 0.1) is 17.8 Å². The first-order chi connectivity index (χ1) is 16.9. The molecular weight excluding hydrogens is 467 g/mol. The fraction of sp³-hybridized carbons (Fsp3) is 0.0769. The molecule has 0 bridgehead atoms. The zero-order valence-electron chi connectivity index (χ0n) is 18.7. The van der Waals surface area contributed by atoms with Crippen LogP contribution in [0.3, 0.4) is 0 Å². The molecule has 0 radical (unpaired) electrons. The summed E-state index contributed by atoms with van der Waals surface area (Å²) in [4.78, 5) is 42.1. The van der Waals surface area contributed by atoms with Crippen molar-refractivity contribution in [3.63, 3.8) is 0 Å². The van der Waals surface area contributed by atoms with Gasteiger partial charge in [0.1, 0.15) is 5.82 Å². The number of thiazole rings is 1. The van der Waals surface area contributed by atoms with E-state index >= 15 is 0 Å². The van der Waals surface area contributed by atoms with Gasteiger partial charge in [0.25, 0.3) is 5.91 Å². The lowest BCUT2D eigenvalue weighted by atomic mass is 10.0. The number of para-hydroxylation sites is 1. The molecule has 9 heteroatoms. The lowest BCUT2D eigenvalue weighted by Crippen LogP contribution is -2.41. The Morgan fingerprint density at radius 3 is 2.54 bits per heavy atom. The van der Waals surface area contributed by atoms with Crippen LogP contribution in [0.2, 0.25) is 0 Å². The van der Waals surface area contributed by atoms with Gasteiger partial charge in [-0.15, -0.1) is 11.3 Å². The highest BCUT2D eigenvalue weighted by molar-refractivity contribution is 7.14. The summed E-state index contributed by atoms with van der Waals surface area (Å²) in [5.74, 6) is -1.86. The lowest BCUT2D eigenvalue weighted by Gasteiger charge is -2.18. The summed E-state index contributed by atoms with van der Waals surface area (Å²) in [7, 11) is 0. The van der Waals surface area contributed by atoms with Crippen molar-refractivity contribution in [3.05, 3.63) is 95.3 Å². The van der Waals surface area contributed by atoms with Crippen LogP contribution in [0.4, 0.5) is 15.2 Å². The summed E-state index contributed by atoms with van der Waals surface area (Å²) < 4.78 is 14.2. The number of carbonyl (C=O) groups excluding carboxylic acids is 3. The Morgan fingerprint density at radius 2 is 1.74 bits per heavy atom. The first-order valence-electron chi connectivity index (χ1n) is 10.7. The molecule has 0 saturated heterocycles. The fourth-order valence-corrected chi connectivity index (χ4v) is 4.34. The van der Waals surface area contributed by atoms with E-state index in [4.69, 9.17) is 0 Å². The van der Waals surface area contributed by atoms with Crippen LogP contribution in [0.25, 0.3) is 16.8 Å². The Balaban J connectivity index is 1.36. The number of amides is 3. The number of hydrogen-bond acceptors (Lipinski definition) is 5. The molecule has 4 rings (SSSR count). The highest BCUT2D eigenvalue weighted by Gasteiger charge is 2.20. The Kier molecular flexibility index (Phi) is 7.27. The molecule has 0 aliphatic heterocycles. The molecule has 1 aromatic heterocycles. The van der Waals surface area contributed by atoms with Gasteiger partial charge in [-0.3, -0.25) is 30.1 Å². The van der Waals surface area contributed by atoms with E-state index in [0.29, 0.717) is 5.69 Å². The van der Waals surface area contributed by atoms with E-state index < -0.39 is 17.6 Å². The number of aromatic nitrogens is 1. The zero-order chi connectivity index (χ0) is 24.8. The molecule has 0 atom stereocenters. The third-order valence-corrected chi connectivity index (χ3v) is 5.91. The highest BCUT2D eigenvalue weighted by Crippen LogP contribution is 2.31. The van der Waals surface area contributed by atoms with E-state index in [0.717, 1.165) is 27.7 Å². The Hall–Kier alpha value is -4.37. The maximum atomic E-state index is 14.2. The van der Waals surface area contributed by atoms with Crippen molar-refractivity contribution in [2.24, 2.45) is 0 Å². The second kappa shape index (κ2) is 10.7. The molecule has 0 aliphatic rings. The Bertz CT molecular complexity index is 1430. The van der Waals surface area contributed by atoms with Gasteiger partial charge in [-0.25, -0.2) is 9.37 Å². The van der Waals surface area contributed by atoms with Crippen molar-refractivity contribution in [2.45, 2.75) is 13.3 Å². The lowest BCUT2D eigenvalue weighted by molar-refractivity contribution is -0.126. The van der Waals surface area contributed by atoms with Crippen molar-refractivity contribution < 1.29 is 18.8 Å². The summed E-state index contributed by atoms with van der Waals surface area (Å²) in [5, 5.41) is 3.91. The standard InChI is InChI=1S/C26H21FN4O3S/c1-17(32)31(23-12-5-4-11-22(23)27)26-28-20(16-35-26)13-14-24(33)29-30-25(34)15-19-9-6-8-18-7-2-3-10-21(18)19/h2-14,16H,15H2,1H3,(H,29,33)(H,30,34)/b14-13+. The van der Waals surface area contributed by atoms with Crippen LogP contribution >= 0.6 is 11.3 Å². The van der Waals surface area contributed by atoms with Crippen molar-refractivity contribution in [2.75, 3.05) is 4.90 Å². The van der Waals surface area contributed by atoms with Crippen molar-refractivity contribution in [1.29, 1.82) is 0 Å². The van der Waals surface area contributed by atoms with Gasteiger partial charge in [0.2, 0.25) is 11.8 Å². The van der Waals surface area contributed by atoms with Crippen LogP contribution in [-0.2, 0) is 20.8 Å². The predicted molar refractivity (Wildman–Crippen MR) is 134 cm³/mol. The highest BCUT2D eigenvalue weighted by atomic mass is 32.1. The normalized spacial score (nSPS) is 10.9. The van der Waals surface area contributed by atoms with E-state index in [9.17, 15) is 18.8 Å². The van der Waals surface area contributed by atoms with E-state index in [1.54, 1.807) is 11.4 Å². The van der Waals surface area contributed by atoms with E-state index in [2.05, 4.69) is 15.8 Å².